The van der Waals surface area contributed by atoms with Crippen molar-refractivity contribution in [1.82, 2.24) is 30.1 Å². The number of anilines is 1. The molecular weight excluding hydrogens is 474 g/mol. The van der Waals surface area contributed by atoms with Crippen molar-refractivity contribution in [2.75, 3.05) is 38.2 Å². The summed E-state index contributed by atoms with van der Waals surface area (Å²) >= 11 is 0. The highest BCUT2D eigenvalue weighted by Crippen LogP contribution is 2.40. The Hall–Kier alpha value is -2.92. The van der Waals surface area contributed by atoms with Crippen LogP contribution in [0.5, 0.6) is 0 Å². The molecule has 200 valence electrons. The molecule has 1 saturated carbocycles. The summed E-state index contributed by atoms with van der Waals surface area (Å²) in [5, 5.41) is 14.2. The third-order valence-electron chi connectivity index (χ3n) is 8.53. The van der Waals surface area contributed by atoms with E-state index in [1.165, 1.54) is 0 Å². The maximum Gasteiger partial charge on any atom is 0.321 e. The Bertz CT molecular complexity index is 1150. The Morgan fingerprint density at radius 2 is 1.86 bits per heavy atom. The first-order valence-electron chi connectivity index (χ1n) is 13.6. The van der Waals surface area contributed by atoms with Crippen LogP contribution in [0.1, 0.15) is 85.9 Å². The maximum atomic E-state index is 13.7. The van der Waals surface area contributed by atoms with E-state index in [1.54, 1.807) is 6.07 Å². The topological polar surface area (TPSA) is 120 Å². The second kappa shape index (κ2) is 9.75. The molecule has 4 aliphatic rings. The normalized spacial score (nSPS) is 26.9. The van der Waals surface area contributed by atoms with E-state index in [1.807, 2.05) is 16.7 Å². The highest BCUT2D eigenvalue weighted by atomic mass is 16.5. The molecule has 2 saturated heterocycles. The number of hydrogen-bond acceptors (Lipinski definition) is 7. The Balaban J connectivity index is 1.09. The highest BCUT2D eigenvalue weighted by Gasteiger charge is 2.41. The molecule has 37 heavy (non-hydrogen) atoms. The lowest BCUT2D eigenvalue weighted by Crippen LogP contribution is -2.60. The average molecular weight is 512 g/mol. The first-order chi connectivity index (χ1) is 17.9. The number of carbonyl (C=O) groups excluding carboxylic acids is 2. The van der Waals surface area contributed by atoms with Gasteiger partial charge in [-0.05, 0) is 52.4 Å². The third-order valence-corrected chi connectivity index (χ3v) is 8.53. The van der Waals surface area contributed by atoms with Crippen molar-refractivity contribution in [1.29, 1.82) is 0 Å². The lowest BCUT2D eigenvalue weighted by Gasteiger charge is -2.46. The van der Waals surface area contributed by atoms with Crippen LogP contribution < -0.4 is 5.32 Å². The number of ether oxygens (including phenoxy) is 1. The molecule has 3 fully saturated rings. The van der Waals surface area contributed by atoms with E-state index >= 15 is 0 Å². The molecule has 11 heteroatoms. The van der Waals surface area contributed by atoms with Gasteiger partial charge in [-0.15, -0.1) is 0 Å². The summed E-state index contributed by atoms with van der Waals surface area (Å²) in [5.41, 5.74) is 1.96. The molecule has 0 spiro atoms. The van der Waals surface area contributed by atoms with Gasteiger partial charge in [-0.3, -0.25) is 14.8 Å². The zero-order valence-corrected chi connectivity index (χ0v) is 21.9. The van der Waals surface area contributed by atoms with E-state index in [9.17, 15) is 9.59 Å². The molecule has 11 nitrogen and oxygen atoms in total. The zero-order valence-electron chi connectivity index (χ0n) is 21.9. The summed E-state index contributed by atoms with van der Waals surface area (Å²) in [6.07, 6.45) is 4.39. The molecule has 0 aromatic carbocycles. The second-order valence-corrected chi connectivity index (χ2v) is 11.3. The SMILES string of the molecule is CC1CN(CC2CCOCC2)[C@H](C)CN1C(=O)N1Cc2c(NC(=O)c3cc(C4CC4)on3)n[nH]c2[C@@H]1C. The van der Waals surface area contributed by atoms with Crippen molar-refractivity contribution in [3.63, 3.8) is 0 Å². The number of amides is 3. The minimum atomic E-state index is -0.356. The van der Waals surface area contributed by atoms with Crippen LogP contribution in [0.3, 0.4) is 0 Å². The number of urea groups is 1. The first kappa shape index (κ1) is 24.4. The van der Waals surface area contributed by atoms with Crippen LogP contribution in [0.4, 0.5) is 10.6 Å². The van der Waals surface area contributed by atoms with Gasteiger partial charge in [0.15, 0.2) is 11.5 Å². The summed E-state index contributed by atoms with van der Waals surface area (Å²) in [6.45, 7) is 11.1. The van der Waals surface area contributed by atoms with Crippen LogP contribution in [0.25, 0.3) is 0 Å². The van der Waals surface area contributed by atoms with E-state index in [0.717, 1.165) is 69.0 Å². The molecular formula is C26H37N7O4. The van der Waals surface area contributed by atoms with Crippen LogP contribution in [0.2, 0.25) is 0 Å². The number of nitrogens with zero attached hydrogens (tertiary/aromatic N) is 5. The summed E-state index contributed by atoms with van der Waals surface area (Å²) in [6, 6.07) is 2.02. The molecule has 2 aromatic heterocycles. The number of piperazine rings is 1. The standard InChI is InChI=1S/C26H37N7O4/c1-15-12-32(16(2)11-31(15)13-18-6-8-36-9-7-18)26(35)33-14-20-23(17(33)3)28-29-24(20)27-25(34)21-10-22(37-30-21)19-4-5-19/h10,15-19H,4-9,11-14H2,1-3H3,(H2,27,28,29,34)/t15-,16?,17+/m1/s1. The number of fused-ring (bicyclic) bond motifs is 1. The van der Waals surface area contributed by atoms with Crippen LogP contribution in [0, 0.1) is 5.92 Å². The summed E-state index contributed by atoms with van der Waals surface area (Å²) in [5.74, 6) is 1.91. The van der Waals surface area contributed by atoms with Gasteiger partial charge in [0.1, 0.15) is 5.76 Å². The van der Waals surface area contributed by atoms with Crippen molar-refractivity contribution in [2.45, 2.75) is 77.0 Å². The minimum Gasteiger partial charge on any atom is -0.381 e. The fraction of sp³-hybridized carbons (Fsp3) is 0.692. The Morgan fingerprint density at radius 3 is 2.62 bits per heavy atom. The van der Waals surface area contributed by atoms with E-state index < -0.39 is 0 Å². The third kappa shape index (κ3) is 4.74. The lowest BCUT2D eigenvalue weighted by atomic mass is 9.97. The van der Waals surface area contributed by atoms with Crippen LogP contribution >= 0.6 is 0 Å². The van der Waals surface area contributed by atoms with Gasteiger partial charge in [-0.2, -0.15) is 5.10 Å². The monoisotopic (exact) mass is 511 g/mol. The van der Waals surface area contributed by atoms with Crippen LogP contribution in [0.15, 0.2) is 10.6 Å². The van der Waals surface area contributed by atoms with Gasteiger partial charge in [0.2, 0.25) is 0 Å². The Kier molecular flexibility index (Phi) is 6.44. The van der Waals surface area contributed by atoms with E-state index in [0.29, 0.717) is 36.8 Å². The number of carbonyl (C=O) groups is 2. The molecule has 1 aliphatic carbocycles. The van der Waals surface area contributed by atoms with Crippen molar-refractivity contribution in [2.24, 2.45) is 5.92 Å². The average Bonchev–Trinajstić information content (AvgIpc) is 3.34. The van der Waals surface area contributed by atoms with Gasteiger partial charge >= 0.3 is 6.03 Å². The van der Waals surface area contributed by atoms with Crippen molar-refractivity contribution < 1.29 is 18.8 Å². The second-order valence-electron chi connectivity index (χ2n) is 11.3. The number of rotatable bonds is 5. The summed E-state index contributed by atoms with van der Waals surface area (Å²) in [7, 11) is 0. The molecule has 3 atom stereocenters. The van der Waals surface area contributed by atoms with E-state index in [-0.39, 0.29) is 29.7 Å². The maximum absolute atomic E-state index is 13.7. The van der Waals surface area contributed by atoms with Gasteiger partial charge in [0.05, 0.1) is 18.3 Å². The quantitative estimate of drug-likeness (QED) is 0.632. The number of hydrogen-bond donors (Lipinski definition) is 2. The molecule has 5 heterocycles. The lowest BCUT2D eigenvalue weighted by molar-refractivity contribution is 0.0127. The summed E-state index contributed by atoms with van der Waals surface area (Å²) < 4.78 is 10.8. The van der Waals surface area contributed by atoms with Gasteiger partial charge in [-0.1, -0.05) is 5.16 Å². The van der Waals surface area contributed by atoms with Crippen molar-refractivity contribution in [3.8, 4) is 0 Å². The summed E-state index contributed by atoms with van der Waals surface area (Å²) in [4.78, 5) is 32.9. The first-order valence-corrected chi connectivity index (χ1v) is 13.6. The number of aromatic amines is 1. The molecule has 2 N–H and O–H groups in total. The van der Waals surface area contributed by atoms with E-state index in [4.69, 9.17) is 9.26 Å². The minimum absolute atomic E-state index is 0.0324. The van der Waals surface area contributed by atoms with Gasteiger partial charge in [0.25, 0.3) is 5.91 Å². The number of nitrogens with one attached hydrogen (secondary N) is 2. The van der Waals surface area contributed by atoms with Gasteiger partial charge < -0.3 is 24.4 Å². The Labute approximate surface area is 216 Å². The molecule has 3 aliphatic heterocycles. The molecule has 6 rings (SSSR count). The molecule has 1 unspecified atom stereocenters. The van der Waals surface area contributed by atoms with Gasteiger partial charge in [0, 0.05) is 62.5 Å². The predicted molar refractivity (Wildman–Crippen MR) is 135 cm³/mol. The largest absolute Gasteiger partial charge is 0.381 e. The predicted octanol–water partition coefficient (Wildman–Crippen LogP) is 3.35. The molecule has 3 amide bonds. The zero-order chi connectivity index (χ0) is 25.7. The Morgan fingerprint density at radius 1 is 1.08 bits per heavy atom. The molecule has 0 radical (unpaired) electrons. The number of H-pyrrole nitrogens is 1. The van der Waals surface area contributed by atoms with Gasteiger partial charge in [-0.25, -0.2) is 4.79 Å². The van der Waals surface area contributed by atoms with Crippen LogP contribution in [-0.2, 0) is 11.3 Å². The van der Waals surface area contributed by atoms with Crippen molar-refractivity contribution >= 4 is 17.8 Å². The highest BCUT2D eigenvalue weighted by molar-refractivity contribution is 6.02. The van der Waals surface area contributed by atoms with Crippen molar-refractivity contribution in [3.05, 3.63) is 28.8 Å². The fourth-order valence-corrected chi connectivity index (χ4v) is 5.96. The smallest absolute Gasteiger partial charge is 0.321 e. The molecule has 2 aromatic rings. The molecule has 0 bridgehead atoms. The number of aromatic nitrogens is 3. The fourth-order valence-electron chi connectivity index (χ4n) is 5.96. The van der Waals surface area contributed by atoms with Crippen LogP contribution in [-0.4, -0.2) is 86.9 Å². The van der Waals surface area contributed by atoms with E-state index in [2.05, 4.69) is 39.4 Å².